The van der Waals surface area contributed by atoms with E-state index in [0.29, 0.717) is 11.0 Å². The molecule has 2 nitrogen and oxygen atoms in total. The first-order chi connectivity index (χ1) is 8.99. The summed E-state index contributed by atoms with van der Waals surface area (Å²) in [6, 6.07) is 6.66. The molecule has 1 aromatic carbocycles. The van der Waals surface area contributed by atoms with Gasteiger partial charge in [-0.05, 0) is 50.1 Å². The molecule has 1 amide bonds. The molecule has 0 aliphatic carbocycles. The average molecular weight is 407 g/mol. The van der Waals surface area contributed by atoms with E-state index in [1.165, 1.54) is 11.0 Å². The number of rotatable bonds is 3. The molecular formula is C13H10Br2FNOS. The summed E-state index contributed by atoms with van der Waals surface area (Å²) in [5.74, 6) is -0.852. The zero-order chi connectivity index (χ0) is 14.0. The lowest BCUT2D eigenvalue weighted by molar-refractivity contribution is 0.0781. The van der Waals surface area contributed by atoms with Gasteiger partial charge in [0.2, 0.25) is 0 Å². The summed E-state index contributed by atoms with van der Waals surface area (Å²) < 4.78 is 15.1. The highest BCUT2D eigenvalue weighted by atomic mass is 79.9. The van der Waals surface area contributed by atoms with Gasteiger partial charge < -0.3 is 4.90 Å². The molecule has 0 unspecified atom stereocenters. The minimum Gasteiger partial charge on any atom is -0.336 e. The summed E-state index contributed by atoms with van der Waals surface area (Å²) in [7, 11) is 1.66. The average Bonchev–Trinajstić information content (AvgIpc) is 2.77. The molecule has 0 bridgehead atoms. The minimum absolute atomic E-state index is 0.0764. The van der Waals surface area contributed by atoms with Crippen molar-refractivity contribution < 1.29 is 9.18 Å². The molecule has 2 rings (SSSR count). The zero-order valence-electron chi connectivity index (χ0n) is 9.99. The van der Waals surface area contributed by atoms with Crippen LogP contribution < -0.4 is 0 Å². The molecule has 19 heavy (non-hydrogen) atoms. The Hall–Kier alpha value is -0.720. The molecule has 1 aromatic heterocycles. The van der Waals surface area contributed by atoms with Crippen LogP contribution in [-0.4, -0.2) is 17.9 Å². The van der Waals surface area contributed by atoms with Crippen LogP contribution in [0.4, 0.5) is 4.39 Å². The Kier molecular flexibility index (Phi) is 4.76. The number of halogens is 3. The Morgan fingerprint density at radius 2 is 2.16 bits per heavy atom. The van der Waals surface area contributed by atoms with Crippen molar-refractivity contribution in [3.8, 4) is 0 Å². The second-order valence-electron chi connectivity index (χ2n) is 3.99. The highest BCUT2D eigenvalue weighted by Gasteiger charge is 2.18. The zero-order valence-corrected chi connectivity index (χ0v) is 14.0. The van der Waals surface area contributed by atoms with Crippen LogP contribution >= 0.6 is 43.2 Å². The molecule has 0 saturated heterocycles. The molecular weight excluding hydrogens is 397 g/mol. The molecule has 0 aliphatic rings. The smallest absolute Gasteiger partial charge is 0.256 e. The van der Waals surface area contributed by atoms with Gasteiger partial charge in [-0.1, -0.05) is 6.07 Å². The Morgan fingerprint density at radius 1 is 1.42 bits per heavy atom. The van der Waals surface area contributed by atoms with Crippen molar-refractivity contribution in [2.75, 3.05) is 7.05 Å². The first-order valence-electron chi connectivity index (χ1n) is 5.41. The van der Waals surface area contributed by atoms with E-state index in [9.17, 15) is 9.18 Å². The standard InChI is InChI=1S/C13H10Br2FNOS/c1-17(6-9-5-8(14)7-19-9)13(18)10-3-2-4-11(15)12(10)16/h2-5,7H,6H2,1H3. The highest BCUT2D eigenvalue weighted by Crippen LogP contribution is 2.23. The van der Waals surface area contributed by atoms with Crippen LogP contribution in [0.3, 0.4) is 0 Å². The Bertz CT molecular complexity index is 614. The SMILES string of the molecule is CN(Cc1cc(Br)cs1)C(=O)c1cccc(Br)c1F. The summed E-state index contributed by atoms with van der Waals surface area (Å²) in [5.41, 5.74) is 0.0764. The topological polar surface area (TPSA) is 20.3 Å². The largest absolute Gasteiger partial charge is 0.336 e. The van der Waals surface area contributed by atoms with Crippen LogP contribution in [0, 0.1) is 5.82 Å². The fourth-order valence-corrected chi connectivity index (χ4v) is 3.49. The second-order valence-corrected chi connectivity index (χ2v) is 6.76. The van der Waals surface area contributed by atoms with Gasteiger partial charge in [-0.2, -0.15) is 0 Å². The first kappa shape index (κ1) is 14.7. The van der Waals surface area contributed by atoms with Crippen LogP contribution in [0.15, 0.2) is 38.6 Å². The van der Waals surface area contributed by atoms with E-state index in [4.69, 9.17) is 0 Å². The second kappa shape index (κ2) is 6.15. The van der Waals surface area contributed by atoms with Crippen molar-refractivity contribution in [1.29, 1.82) is 0 Å². The van der Waals surface area contributed by atoms with Gasteiger partial charge in [-0.25, -0.2) is 4.39 Å². The number of thiophene rings is 1. The number of carbonyl (C=O) groups excluding carboxylic acids is 1. The molecule has 0 spiro atoms. The van der Waals surface area contributed by atoms with Crippen molar-refractivity contribution in [2.24, 2.45) is 0 Å². The van der Waals surface area contributed by atoms with E-state index in [0.717, 1.165) is 9.35 Å². The van der Waals surface area contributed by atoms with Gasteiger partial charge in [0, 0.05) is 21.8 Å². The number of hydrogen-bond donors (Lipinski definition) is 0. The molecule has 0 N–H and O–H groups in total. The molecule has 100 valence electrons. The third kappa shape index (κ3) is 3.43. The Labute approximate surface area is 131 Å². The summed E-state index contributed by atoms with van der Waals surface area (Å²) in [5, 5.41) is 1.95. The van der Waals surface area contributed by atoms with Crippen molar-refractivity contribution in [3.05, 3.63) is 54.8 Å². The number of carbonyl (C=O) groups is 1. The van der Waals surface area contributed by atoms with Crippen LogP contribution in [0.2, 0.25) is 0 Å². The maximum Gasteiger partial charge on any atom is 0.256 e. The molecule has 6 heteroatoms. The molecule has 0 atom stereocenters. The predicted octanol–water partition coefficient (Wildman–Crippen LogP) is 4.68. The fraction of sp³-hybridized carbons (Fsp3) is 0.154. The van der Waals surface area contributed by atoms with E-state index < -0.39 is 5.82 Å². The number of benzene rings is 1. The van der Waals surface area contributed by atoms with Gasteiger partial charge in [-0.3, -0.25) is 4.79 Å². The van der Waals surface area contributed by atoms with Gasteiger partial charge in [0.25, 0.3) is 5.91 Å². The lowest BCUT2D eigenvalue weighted by atomic mass is 10.2. The fourth-order valence-electron chi connectivity index (χ4n) is 1.62. The molecule has 0 aliphatic heterocycles. The lowest BCUT2D eigenvalue weighted by Crippen LogP contribution is -2.26. The highest BCUT2D eigenvalue weighted by molar-refractivity contribution is 9.10. The molecule has 2 aromatic rings. The van der Waals surface area contributed by atoms with Gasteiger partial charge in [-0.15, -0.1) is 11.3 Å². The van der Waals surface area contributed by atoms with E-state index in [1.807, 2.05) is 11.4 Å². The maximum atomic E-state index is 13.9. The molecule has 0 radical (unpaired) electrons. The van der Waals surface area contributed by atoms with Crippen molar-refractivity contribution in [1.82, 2.24) is 4.90 Å². The minimum atomic E-state index is -0.522. The Balaban J connectivity index is 2.17. The maximum absolute atomic E-state index is 13.9. The third-order valence-corrected chi connectivity index (χ3v) is 4.84. The molecule has 0 saturated carbocycles. The number of hydrogen-bond acceptors (Lipinski definition) is 2. The predicted molar refractivity (Wildman–Crippen MR) is 81.9 cm³/mol. The van der Waals surface area contributed by atoms with Crippen LogP contribution in [0.1, 0.15) is 15.2 Å². The van der Waals surface area contributed by atoms with Crippen molar-refractivity contribution in [2.45, 2.75) is 6.54 Å². The summed E-state index contributed by atoms with van der Waals surface area (Å²) in [6.45, 7) is 0.459. The quantitative estimate of drug-likeness (QED) is 0.724. The Morgan fingerprint density at radius 3 is 2.79 bits per heavy atom. The normalized spacial score (nSPS) is 10.5. The number of amides is 1. The van der Waals surface area contributed by atoms with Crippen LogP contribution in [-0.2, 0) is 6.54 Å². The van der Waals surface area contributed by atoms with E-state index in [1.54, 1.807) is 30.5 Å². The first-order valence-corrected chi connectivity index (χ1v) is 7.88. The van der Waals surface area contributed by atoms with Gasteiger partial charge in [0.15, 0.2) is 0 Å². The van der Waals surface area contributed by atoms with Gasteiger partial charge in [0.1, 0.15) is 5.82 Å². The lowest BCUT2D eigenvalue weighted by Gasteiger charge is -2.16. The summed E-state index contributed by atoms with van der Waals surface area (Å²) in [6.07, 6.45) is 0. The van der Waals surface area contributed by atoms with Crippen LogP contribution in [0.5, 0.6) is 0 Å². The molecule has 0 fully saturated rings. The van der Waals surface area contributed by atoms with Crippen LogP contribution in [0.25, 0.3) is 0 Å². The number of nitrogens with zero attached hydrogens (tertiary/aromatic N) is 1. The summed E-state index contributed by atoms with van der Waals surface area (Å²) >= 11 is 8.00. The monoisotopic (exact) mass is 405 g/mol. The third-order valence-electron chi connectivity index (χ3n) is 2.54. The van der Waals surface area contributed by atoms with Gasteiger partial charge >= 0.3 is 0 Å². The van der Waals surface area contributed by atoms with Crippen molar-refractivity contribution >= 4 is 49.1 Å². The molecule has 1 heterocycles. The van der Waals surface area contributed by atoms with E-state index in [-0.39, 0.29) is 11.5 Å². The van der Waals surface area contributed by atoms with E-state index in [2.05, 4.69) is 31.9 Å². The van der Waals surface area contributed by atoms with Gasteiger partial charge in [0.05, 0.1) is 16.6 Å². The van der Waals surface area contributed by atoms with E-state index >= 15 is 0 Å². The van der Waals surface area contributed by atoms with Crippen molar-refractivity contribution in [3.63, 3.8) is 0 Å². The summed E-state index contributed by atoms with van der Waals surface area (Å²) in [4.78, 5) is 14.7.